The minimum atomic E-state index is -0.206. The highest BCUT2D eigenvalue weighted by Crippen LogP contribution is 2.16. The normalized spacial score (nSPS) is 15.8. The standard InChI is InChI=1S/C17H23FN6/c1-22-13-14(12-21-22)6-7-20-17(19)24-10-8-23(9-11-24)16-4-2-15(18)3-5-16/h2-5,12-13H,6-11H2,1H3,(H2,19,20). The van der Waals surface area contributed by atoms with E-state index in [2.05, 4.69) is 19.9 Å². The summed E-state index contributed by atoms with van der Waals surface area (Å²) >= 11 is 0. The summed E-state index contributed by atoms with van der Waals surface area (Å²) in [5.74, 6) is 0.389. The summed E-state index contributed by atoms with van der Waals surface area (Å²) in [6.45, 7) is 4.00. The molecular formula is C17H23FN6. The number of rotatable bonds is 4. The Morgan fingerprint density at radius 3 is 2.54 bits per heavy atom. The Hall–Kier alpha value is -2.57. The zero-order chi connectivity index (χ0) is 16.9. The van der Waals surface area contributed by atoms with Crippen molar-refractivity contribution in [2.75, 3.05) is 37.6 Å². The van der Waals surface area contributed by atoms with Gasteiger partial charge in [0.2, 0.25) is 0 Å². The smallest absolute Gasteiger partial charge is 0.191 e. The van der Waals surface area contributed by atoms with Crippen LogP contribution >= 0.6 is 0 Å². The molecular weight excluding hydrogens is 307 g/mol. The molecule has 2 aromatic rings. The molecule has 0 unspecified atom stereocenters. The van der Waals surface area contributed by atoms with Crippen molar-refractivity contribution in [1.82, 2.24) is 14.7 Å². The van der Waals surface area contributed by atoms with Gasteiger partial charge in [0, 0.05) is 51.7 Å². The van der Waals surface area contributed by atoms with E-state index in [-0.39, 0.29) is 5.82 Å². The fourth-order valence-corrected chi connectivity index (χ4v) is 2.85. The number of anilines is 1. The second-order valence-corrected chi connectivity index (χ2v) is 5.96. The molecule has 7 heteroatoms. The van der Waals surface area contributed by atoms with E-state index in [9.17, 15) is 4.39 Å². The highest BCUT2D eigenvalue weighted by atomic mass is 19.1. The van der Waals surface area contributed by atoms with Crippen LogP contribution in [0.4, 0.5) is 10.1 Å². The van der Waals surface area contributed by atoms with Crippen LogP contribution in [0.3, 0.4) is 0 Å². The molecule has 1 aromatic heterocycles. The number of aryl methyl sites for hydroxylation is 1. The van der Waals surface area contributed by atoms with Gasteiger partial charge in [-0.3, -0.25) is 9.67 Å². The number of nitrogens with two attached hydrogens (primary N) is 1. The van der Waals surface area contributed by atoms with E-state index in [1.165, 1.54) is 12.1 Å². The second-order valence-electron chi connectivity index (χ2n) is 5.96. The molecule has 1 aliphatic rings. The first-order valence-electron chi connectivity index (χ1n) is 8.15. The van der Waals surface area contributed by atoms with E-state index in [1.54, 1.807) is 4.68 Å². The number of guanidine groups is 1. The third kappa shape index (κ3) is 4.04. The van der Waals surface area contributed by atoms with E-state index in [0.29, 0.717) is 12.5 Å². The molecule has 128 valence electrons. The predicted molar refractivity (Wildman–Crippen MR) is 93.6 cm³/mol. The van der Waals surface area contributed by atoms with E-state index in [4.69, 9.17) is 5.73 Å². The summed E-state index contributed by atoms with van der Waals surface area (Å²) in [7, 11) is 1.90. The summed E-state index contributed by atoms with van der Waals surface area (Å²) < 4.78 is 14.8. The van der Waals surface area contributed by atoms with Crippen LogP contribution in [0.2, 0.25) is 0 Å². The van der Waals surface area contributed by atoms with E-state index in [1.807, 2.05) is 31.6 Å². The van der Waals surface area contributed by atoms with Crippen LogP contribution in [0.15, 0.2) is 41.7 Å². The van der Waals surface area contributed by atoms with Crippen molar-refractivity contribution in [3.8, 4) is 0 Å². The molecule has 1 aromatic carbocycles. The van der Waals surface area contributed by atoms with Crippen LogP contribution in [0, 0.1) is 5.82 Å². The summed E-state index contributed by atoms with van der Waals surface area (Å²) in [4.78, 5) is 8.81. The van der Waals surface area contributed by atoms with Crippen molar-refractivity contribution >= 4 is 11.6 Å². The molecule has 0 bridgehead atoms. The van der Waals surface area contributed by atoms with Crippen LogP contribution in [0.1, 0.15) is 5.56 Å². The molecule has 1 fully saturated rings. The largest absolute Gasteiger partial charge is 0.370 e. The lowest BCUT2D eigenvalue weighted by molar-refractivity contribution is 0.381. The number of halogens is 1. The first-order chi connectivity index (χ1) is 11.6. The van der Waals surface area contributed by atoms with Gasteiger partial charge in [-0.1, -0.05) is 0 Å². The Morgan fingerprint density at radius 2 is 1.92 bits per heavy atom. The maximum Gasteiger partial charge on any atom is 0.191 e. The fraction of sp³-hybridized carbons (Fsp3) is 0.412. The topological polar surface area (TPSA) is 62.7 Å². The molecule has 2 heterocycles. The second kappa shape index (κ2) is 7.33. The van der Waals surface area contributed by atoms with Gasteiger partial charge in [0.15, 0.2) is 5.96 Å². The van der Waals surface area contributed by atoms with Gasteiger partial charge in [-0.25, -0.2) is 4.39 Å². The van der Waals surface area contributed by atoms with Crippen molar-refractivity contribution in [3.63, 3.8) is 0 Å². The van der Waals surface area contributed by atoms with E-state index >= 15 is 0 Å². The number of aliphatic imine (C=N–C) groups is 1. The quantitative estimate of drug-likeness (QED) is 0.677. The summed E-state index contributed by atoms with van der Waals surface area (Å²) in [5.41, 5.74) is 8.32. The molecule has 0 amide bonds. The minimum Gasteiger partial charge on any atom is -0.370 e. The molecule has 1 saturated heterocycles. The lowest BCUT2D eigenvalue weighted by atomic mass is 10.2. The average Bonchev–Trinajstić information content (AvgIpc) is 3.01. The van der Waals surface area contributed by atoms with Gasteiger partial charge in [-0.15, -0.1) is 0 Å². The highest BCUT2D eigenvalue weighted by molar-refractivity contribution is 5.78. The Morgan fingerprint density at radius 1 is 1.21 bits per heavy atom. The molecule has 1 aliphatic heterocycles. The third-order valence-electron chi connectivity index (χ3n) is 4.23. The number of nitrogens with zero attached hydrogens (tertiary/aromatic N) is 5. The van der Waals surface area contributed by atoms with Crippen molar-refractivity contribution in [3.05, 3.63) is 48.0 Å². The van der Waals surface area contributed by atoms with Gasteiger partial charge in [-0.2, -0.15) is 5.10 Å². The van der Waals surface area contributed by atoms with Gasteiger partial charge in [0.25, 0.3) is 0 Å². The maximum absolute atomic E-state index is 13.0. The van der Waals surface area contributed by atoms with E-state index in [0.717, 1.165) is 43.9 Å². The SMILES string of the molecule is Cn1cc(CCN=C(N)N2CCN(c3ccc(F)cc3)CC2)cn1. The van der Waals surface area contributed by atoms with Gasteiger partial charge < -0.3 is 15.5 Å². The van der Waals surface area contributed by atoms with Crippen molar-refractivity contribution in [1.29, 1.82) is 0 Å². The van der Waals surface area contributed by atoms with Crippen LogP contribution < -0.4 is 10.6 Å². The molecule has 3 rings (SSSR count). The Bertz CT molecular complexity index is 685. The Labute approximate surface area is 141 Å². The lowest BCUT2D eigenvalue weighted by Crippen LogP contribution is -2.51. The van der Waals surface area contributed by atoms with Gasteiger partial charge >= 0.3 is 0 Å². The summed E-state index contributed by atoms with van der Waals surface area (Å²) in [5, 5.41) is 4.14. The van der Waals surface area contributed by atoms with Gasteiger partial charge in [0.1, 0.15) is 5.82 Å². The molecule has 0 atom stereocenters. The number of benzene rings is 1. The lowest BCUT2D eigenvalue weighted by Gasteiger charge is -2.36. The number of aromatic nitrogens is 2. The van der Waals surface area contributed by atoms with Crippen LogP contribution in [-0.2, 0) is 13.5 Å². The predicted octanol–water partition coefficient (Wildman–Crippen LogP) is 1.24. The first kappa shape index (κ1) is 16.3. The van der Waals surface area contributed by atoms with E-state index < -0.39 is 0 Å². The first-order valence-corrected chi connectivity index (χ1v) is 8.15. The maximum atomic E-state index is 13.0. The molecule has 0 spiro atoms. The average molecular weight is 330 g/mol. The number of hydrogen-bond donors (Lipinski definition) is 1. The number of hydrogen-bond acceptors (Lipinski definition) is 3. The minimum absolute atomic E-state index is 0.206. The van der Waals surface area contributed by atoms with Crippen molar-refractivity contribution < 1.29 is 4.39 Å². The summed E-state index contributed by atoms with van der Waals surface area (Å²) in [6.07, 6.45) is 4.68. The summed E-state index contributed by atoms with van der Waals surface area (Å²) in [6, 6.07) is 6.62. The van der Waals surface area contributed by atoms with Crippen LogP contribution in [0.5, 0.6) is 0 Å². The molecule has 6 nitrogen and oxygen atoms in total. The van der Waals surface area contributed by atoms with Crippen molar-refractivity contribution in [2.45, 2.75) is 6.42 Å². The Balaban J connectivity index is 1.48. The molecule has 0 aliphatic carbocycles. The third-order valence-corrected chi connectivity index (χ3v) is 4.23. The van der Waals surface area contributed by atoms with Gasteiger partial charge in [-0.05, 0) is 36.2 Å². The molecule has 2 N–H and O–H groups in total. The van der Waals surface area contributed by atoms with Crippen LogP contribution in [-0.4, -0.2) is 53.4 Å². The fourth-order valence-electron chi connectivity index (χ4n) is 2.85. The van der Waals surface area contributed by atoms with Crippen LogP contribution in [0.25, 0.3) is 0 Å². The zero-order valence-electron chi connectivity index (χ0n) is 13.9. The Kier molecular flexibility index (Phi) is 4.98. The highest BCUT2D eigenvalue weighted by Gasteiger charge is 2.18. The number of piperazine rings is 1. The van der Waals surface area contributed by atoms with Crippen molar-refractivity contribution in [2.24, 2.45) is 17.8 Å². The molecule has 0 radical (unpaired) electrons. The molecule has 24 heavy (non-hydrogen) atoms. The zero-order valence-corrected chi connectivity index (χ0v) is 13.9. The monoisotopic (exact) mass is 330 g/mol. The molecule has 0 saturated carbocycles. The van der Waals surface area contributed by atoms with Gasteiger partial charge in [0.05, 0.1) is 6.20 Å².